The average Bonchev–Trinajstić information content (AvgIpc) is 3.01. The molecule has 1 atom stereocenters. The summed E-state index contributed by atoms with van der Waals surface area (Å²) in [7, 11) is 1.94. The zero-order chi connectivity index (χ0) is 15.8. The van der Waals surface area contributed by atoms with Gasteiger partial charge < -0.3 is 14.3 Å². The van der Waals surface area contributed by atoms with Crippen molar-refractivity contribution in [2.75, 3.05) is 20.2 Å². The molecule has 1 heterocycles. The molecule has 22 heavy (non-hydrogen) atoms. The summed E-state index contributed by atoms with van der Waals surface area (Å²) < 4.78 is 10.6. The summed E-state index contributed by atoms with van der Waals surface area (Å²) in [5, 5.41) is 18.7. The highest BCUT2D eigenvalue weighted by Crippen LogP contribution is 2.07. The summed E-state index contributed by atoms with van der Waals surface area (Å²) in [6.07, 6.45) is 1.04. The predicted molar refractivity (Wildman–Crippen MR) is 81.9 cm³/mol. The summed E-state index contributed by atoms with van der Waals surface area (Å²) >= 11 is 0. The lowest BCUT2D eigenvalue weighted by molar-refractivity contribution is 0.00768. The van der Waals surface area contributed by atoms with Crippen molar-refractivity contribution in [3.05, 3.63) is 59.5 Å². The molecule has 0 radical (unpaired) electrons. The van der Waals surface area contributed by atoms with Gasteiger partial charge in [-0.05, 0) is 36.9 Å². The number of rotatable bonds is 8. The summed E-state index contributed by atoms with van der Waals surface area (Å²) in [6, 6.07) is 13.2. The highest BCUT2D eigenvalue weighted by atomic mass is 16.5. The lowest BCUT2D eigenvalue weighted by Crippen LogP contribution is -2.31. The molecule has 1 aromatic carbocycles. The molecule has 0 fully saturated rings. The molecule has 5 nitrogen and oxygen atoms in total. The SMILES string of the molecule is CN(Cc1ccc(C#N)cc1)CC(O)COCc1ccco1. The van der Waals surface area contributed by atoms with Gasteiger partial charge in [0.1, 0.15) is 12.4 Å². The standard InChI is InChI=1S/C17H20N2O3/c1-19(10-15-6-4-14(9-18)5-7-15)11-16(20)12-21-13-17-3-2-8-22-17/h2-8,16,20H,10-13H2,1H3. The zero-order valence-electron chi connectivity index (χ0n) is 12.6. The van der Waals surface area contributed by atoms with Crippen LogP contribution in [0.15, 0.2) is 47.1 Å². The van der Waals surface area contributed by atoms with Crippen molar-refractivity contribution in [3.63, 3.8) is 0 Å². The Hall–Kier alpha value is -2.13. The van der Waals surface area contributed by atoms with E-state index in [9.17, 15) is 5.11 Å². The second-order valence-corrected chi connectivity index (χ2v) is 5.25. The fourth-order valence-corrected chi connectivity index (χ4v) is 2.16. The van der Waals surface area contributed by atoms with Gasteiger partial charge in [0, 0.05) is 13.1 Å². The third-order valence-electron chi connectivity index (χ3n) is 3.19. The molecule has 0 aliphatic rings. The molecule has 0 aliphatic carbocycles. The van der Waals surface area contributed by atoms with Crippen LogP contribution in [0.4, 0.5) is 0 Å². The van der Waals surface area contributed by atoms with E-state index in [4.69, 9.17) is 14.4 Å². The van der Waals surface area contributed by atoms with E-state index in [2.05, 4.69) is 6.07 Å². The van der Waals surface area contributed by atoms with Crippen molar-refractivity contribution in [2.24, 2.45) is 0 Å². The molecular formula is C17H20N2O3. The highest BCUT2D eigenvalue weighted by Gasteiger charge is 2.09. The largest absolute Gasteiger partial charge is 0.467 e. The molecule has 1 unspecified atom stereocenters. The Kier molecular flexibility index (Phi) is 6.16. The van der Waals surface area contributed by atoms with Crippen LogP contribution < -0.4 is 0 Å². The third-order valence-corrected chi connectivity index (χ3v) is 3.19. The van der Waals surface area contributed by atoms with Crippen molar-refractivity contribution in [3.8, 4) is 6.07 Å². The number of ether oxygens (including phenoxy) is 1. The second-order valence-electron chi connectivity index (χ2n) is 5.25. The Labute approximate surface area is 130 Å². The Bertz CT molecular complexity index is 587. The Morgan fingerprint density at radius 3 is 2.73 bits per heavy atom. The van der Waals surface area contributed by atoms with E-state index in [0.29, 0.717) is 25.3 Å². The minimum absolute atomic E-state index is 0.262. The van der Waals surface area contributed by atoms with Crippen LogP contribution in [0.2, 0.25) is 0 Å². The Balaban J connectivity index is 1.68. The maximum absolute atomic E-state index is 9.97. The molecule has 116 valence electrons. The first-order valence-electron chi connectivity index (χ1n) is 7.13. The van der Waals surface area contributed by atoms with Gasteiger partial charge in [-0.15, -0.1) is 0 Å². The lowest BCUT2D eigenvalue weighted by atomic mass is 10.1. The maximum Gasteiger partial charge on any atom is 0.129 e. The van der Waals surface area contributed by atoms with Crippen molar-refractivity contribution < 1.29 is 14.3 Å². The fraction of sp³-hybridized carbons (Fsp3) is 0.353. The van der Waals surface area contributed by atoms with Crippen LogP contribution in [-0.2, 0) is 17.9 Å². The molecule has 5 heteroatoms. The molecule has 1 aromatic heterocycles. The summed E-state index contributed by atoms with van der Waals surface area (Å²) in [5.41, 5.74) is 1.75. The smallest absolute Gasteiger partial charge is 0.129 e. The van der Waals surface area contributed by atoms with Gasteiger partial charge in [0.15, 0.2) is 0 Å². The molecule has 0 spiro atoms. The minimum Gasteiger partial charge on any atom is -0.467 e. The van der Waals surface area contributed by atoms with Gasteiger partial charge in [0.2, 0.25) is 0 Å². The number of nitriles is 1. The number of furan rings is 1. The number of benzene rings is 1. The molecular weight excluding hydrogens is 280 g/mol. The molecule has 0 saturated carbocycles. The van der Waals surface area contributed by atoms with Gasteiger partial charge in [0.05, 0.1) is 30.6 Å². The van der Waals surface area contributed by atoms with Crippen molar-refractivity contribution in [1.82, 2.24) is 4.90 Å². The van der Waals surface area contributed by atoms with Crippen molar-refractivity contribution in [1.29, 1.82) is 5.26 Å². The van der Waals surface area contributed by atoms with Crippen molar-refractivity contribution >= 4 is 0 Å². The van der Waals surface area contributed by atoms with Crippen LogP contribution in [0.25, 0.3) is 0 Å². The molecule has 0 saturated heterocycles. The summed E-state index contributed by atoms with van der Waals surface area (Å²) in [6.45, 7) is 1.85. The molecule has 0 amide bonds. The van der Waals surface area contributed by atoms with E-state index in [0.717, 1.165) is 11.3 Å². The fourth-order valence-electron chi connectivity index (χ4n) is 2.16. The van der Waals surface area contributed by atoms with Crippen LogP contribution >= 0.6 is 0 Å². The lowest BCUT2D eigenvalue weighted by Gasteiger charge is -2.20. The van der Waals surface area contributed by atoms with E-state index in [1.54, 1.807) is 24.5 Å². The summed E-state index contributed by atoms with van der Waals surface area (Å²) in [4.78, 5) is 2.02. The van der Waals surface area contributed by atoms with Gasteiger partial charge in [-0.2, -0.15) is 5.26 Å². The zero-order valence-corrected chi connectivity index (χ0v) is 12.6. The minimum atomic E-state index is -0.557. The number of aliphatic hydroxyl groups excluding tert-OH is 1. The number of hydrogen-bond acceptors (Lipinski definition) is 5. The predicted octanol–water partition coefficient (Wildman–Crippen LogP) is 2.16. The molecule has 2 aromatic rings. The van der Waals surface area contributed by atoms with E-state index in [1.807, 2.05) is 30.1 Å². The molecule has 2 rings (SSSR count). The van der Waals surface area contributed by atoms with Crippen LogP contribution in [0.1, 0.15) is 16.9 Å². The monoisotopic (exact) mass is 300 g/mol. The Morgan fingerprint density at radius 2 is 2.09 bits per heavy atom. The van der Waals surface area contributed by atoms with Gasteiger partial charge >= 0.3 is 0 Å². The second kappa shape index (κ2) is 8.35. The first-order chi connectivity index (χ1) is 10.7. The molecule has 0 bridgehead atoms. The van der Waals surface area contributed by atoms with E-state index >= 15 is 0 Å². The first-order valence-corrected chi connectivity index (χ1v) is 7.13. The first kappa shape index (κ1) is 16.2. The van der Waals surface area contributed by atoms with E-state index in [-0.39, 0.29) is 6.61 Å². The quantitative estimate of drug-likeness (QED) is 0.809. The molecule has 0 aliphatic heterocycles. The number of aliphatic hydroxyl groups is 1. The van der Waals surface area contributed by atoms with Gasteiger partial charge in [-0.1, -0.05) is 12.1 Å². The van der Waals surface area contributed by atoms with Crippen LogP contribution in [0.5, 0.6) is 0 Å². The van der Waals surface area contributed by atoms with E-state index < -0.39 is 6.10 Å². The van der Waals surface area contributed by atoms with Crippen LogP contribution in [-0.4, -0.2) is 36.3 Å². The van der Waals surface area contributed by atoms with Gasteiger partial charge in [0.25, 0.3) is 0 Å². The van der Waals surface area contributed by atoms with Crippen LogP contribution in [0, 0.1) is 11.3 Å². The van der Waals surface area contributed by atoms with Gasteiger partial charge in [-0.3, -0.25) is 4.90 Å². The number of hydrogen-bond donors (Lipinski definition) is 1. The van der Waals surface area contributed by atoms with Gasteiger partial charge in [-0.25, -0.2) is 0 Å². The third kappa shape index (κ3) is 5.34. The number of nitrogens with zero attached hydrogens (tertiary/aromatic N) is 2. The van der Waals surface area contributed by atoms with E-state index in [1.165, 1.54) is 0 Å². The summed E-state index contributed by atoms with van der Waals surface area (Å²) in [5.74, 6) is 0.748. The average molecular weight is 300 g/mol. The van der Waals surface area contributed by atoms with Crippen LogP contribution in [0.3, 0.4) is 0 Å². The Morgan fingerprint density at radius 1 is 1.32 bits per heavy atom. The van der Waals surface area contributed by atoms with Crippen molar-refractivity contribution in [2.45, 2.75) is 19.3 Å². The maximum atomic E-state index is 9.97. The topological polar surface area (TPSA) is 69.6 Å². The number of likely N-dealkylation sites (N-methyl/N-ethyl adjacent to an activating group) is 1. The molecule has 1 N–H and O–H groups in total. The highest BCUT2D eigenvalue weighted by molar-refractivity contribution is 5.31. The normalized spacial score (nSPS) is 12.3.